The molecular weight excluding hydrogens is 364 g/mol. The van der Waals surface area contributed by atoms with E-state index in [9.17, 15) is 9.59 Å². The summed E-state index contributed by atoms with van der Waals surface area (Å²) in [6, 6.07) is 15.9. The van der Waals surface area contributed by atoms with Crippen molar-refractivity contribution < 1.29 is 9.59 Å². The Bertz CT molecular complexity index is 1180. The first-order valence-electron chi connectivity index (χ1n) is 9.82. The van der Waals surface area contributed by atoms with E-state index in [-0.39, 0.29) is 18.4 Å². The Balaban J connectivity index is 1.58. The van der Waals surface area contributed by atoms with Crippen molar-refractivity contribution in [2.24, 2.45) is 5.10 Å². The number of carbonyl (C=O) groups excluding carboxylic acids is 2. The van der Waals surface area contributed by atoms with Gasteiger partial charge in [-0.05, 0) is 43.0 Å². The number of benzene rings is 2. The average Bonchev–Trinajstić information content (AvgIpc) is 3.11. The van der Waals surface area contributed by atoms with Crippen molar-refractivity contribution in [3.8, 4) is 0 Å². The Kier molecular flexibility index (Phi) is 3.84. The van der Waals surface area contributed by atoms with E-state index in [1.807, 2.05) is 56.3 Å². The van der Waals surface area contributed by atoms with Crippen LogP contribution in [0.2, 0.25) is 0 Å². The van der Waals surface area contributed by atoms with E-state index in [1.54, 1.807) is 11.1 Å². The molecule has 0 spiro atoms. The summed E-state index contributed by atoms with van der Waals surface area (Å²) >= 11 is 0. The van der Waals surface area contributed by atoms with Crippen LogP contribution in [0.4, 0.5) is 0 Å². The Morgan fingerprint density at radius 3 is 2.69 bits per heavy atom. The number of hydrazone groups is 1. The predicted octanol–water partition coefficient (Wildman–Crippen LogP) is 2.95. The van der Waals surface area contributed by atoms with E-state index in [2.05, 4.69) is 16.2 Å². The highest BCUT2D eigenvalue weighted by Crippen LogP contribution is 2.41. The van der Waals surface area contributed by atoms with Crippen LogP contribution < -0.4 is 0 Å². The van der Waals surface area contributed by atoms with Gasteiger partial charge in [-0.25, -0.2) is 5.01 Å². The normalized spacial score (nSPS) is 21.7. The highest BCUT2D eigenvalue weighted by Gasteiger charge is 2.54. The number of aromatic nitrogens is 1. The first kappa shape index (κ1) is 17.7. The molecule has 2 aliphatic heterocycles. The van der Waals surface area contributed by atoms with Gasteiger partial charge in [-0.1, -0.05) is 42.5 Å². The number of nitrogens with zero attached hydrogens (tertiary/aromatic N) is 3. The fourth-order valence-electron chi connectivity index (χ4n) is 4.55. The standard InChI is InChI=1S/C23H22N4O2/c1-15-7-3-4-8-16(15)13-24-27-14-20(28)26-12-11-18-17-9-5-6-10-19(17)25-21(18)23(26,2)22(27)29/h3-10,13,25H,11-12,14H2,1-2H3/b24-13+/t23-/m1/s1. The molecule has 0 bridgehead atoms. The monoisotopic (exact) mass is 386 g/mol. The summed E-state index contributed by atoms with van der Waals surface area (Å²) in [4.78, 5) is 31.6. The lowest BCUT2D eigenvalue weighted by Gasteiger charge is -2.48. The van der Waals surface area contributed by atoms with Gasteiger partial charge < -0.3 is 9.88 Å². The van der Waals surface area contributed by atoms with Gasteiger partial charge in [-0.3, -0.25) is 9.59 Å². The SMILES string of the molecule is Cc1ccccc1/C=N/N1CC(=O)N2CCc3c([nH]c4ccccc34)[C@]2(C)C1=O. The third kappa shape index (κ3) is 2.52. The lowest BCUT2D eigenvalue weighted by molar-refractivity contribution is -0.165. The molecule has 6 nitrogen and oxygen atoms in total. The van der Waals surface area contributed by atoms with Crippen LogP contribution in [0.3, 0.4) is 0 Å². The van der Waals surface area contributed by atoms with Gasteiger partial charge in [0, 0.05) is 17.4 Å². The molecule has 0 radical (unpaired) electrons. The third-order valence-corrected chi connectivity index (χ3v) is 6.19. The Morgan fingerprint density at radius 1 is 1.10 bits per heavy atom. The fraction of sp³-hybridized carbons (Fsp3) is 0.261. The molecule has 3 aromatic rings. The second-order valence-electron chi connectivity index (χ2n) is 7.86. The molecule has 0 aliphatic carbocycles. The molecule has 1 atom stereocenters. The third-order valence-electron chi connectivity index (χ3n) is 6.19. The van der Waals surface area contributed by atoms with E-state index in [0.29, 0.717) is 6.54 Å². The summed E-state index contributed by atoms with van der Waals surface area (Å²) in [6.45, 7) is 4.32. The number of piperazine rings is 1. The zero-order chi connectivity index (χ0) is 20.2. The van der Waals surface area contributed by atoms with Crippen molar-refractivity contribution in [2.45, 2.75) is 25.8 Å². The molecule has 1 aromatic heterocycles. The van der Waals surface area contributed by atoms with Crippen LogP contribution in [0.5, 0.6) is 0 Å². The molecule has 29 heavy (non-hydrogen) atoms. The molecule has 0 saturated carbocycles. The minimum Gasteiger partial charge on any atom is -0.356 e. The predicted molar refractivity (Wildman–Crippen MR) is 112 cm³/mol. The van der Waals surface area contributed by atoms with Crippen molar-refractivity contribution in [3.05, 3.63) is 70.9 Å². The molecule has 2 aromatic carbocycles. The maximum atomic E-state index is 13.6. The number of hydrogen-bond acceptors (Lipinski definition) is 3. The number of carbonyl (C=O) groups is 2. The van der Waals surface area contributed by atoms with E-state index in [1.165, 1.54) is 5.01 Å². The Hall–Kier alpha value is -3.41. The summed E-state index contributed by atoms with van der Waals surface area (Å²) in [5, 5.41) is 6.83. The molecule has 0 unspecified atom stereocenters. The van der Waals surface area contributed by atoms with Gasteiger partial charge in [0.05, 0.1) is 11.9 Å². The molecule has 146 valence electrons. The number of nitrogens with one attached hydrogen (secondary N) is 1. The quantitative estimate of drug-likeness (QED) is 0.688. The van der Waals surface area contributed by atoms with Crippen molar-refractivity contribution in [3.63, 3.8) is 0 Å². The minimum absolute atomic E-state index is 0.0354. The summed E-state index contributed by atoms with van der Waals surface area (Å²) in [5.41, 5.74) is 3.82. The van der Waals surface area contributed by atoms with E-state index in [4.69, 9.17) is 0 Å². The number of para-hydroxylation sites is 1. The summed E-state index contributed by atoms with van der Waals surface area (Å²) in [7, 11) is 0. The van der Waals surface area contributed by atoms with Crippen LogP contribution in [0, 0.1) is 6.92 Å². The lowest BCUT2D eigenvalue weighted by atomic mass is 9.83. The smallest absolute Gasteiger partial charge is 0.275 e. The fourth-order valence-corrected chi connectivity index (χ4v) is 4.55. The molecule has 1 saturated heterocycles. The number of fused-ring (bicyclic) bond motifs is 5. The Labute approximate surface area is 168 Å². The number of amides is 2. The van der Waals surface area contributed by atoms with Gasteiger partial charge in [-0.15, -0.1) is 0 Å². The van der Waals surface area contributed by atoms with Crippen molar-refractivity contribution in [1.29, 1.82) is 0 Å². The van der Waals surface area contributed by atoms with Crippen LogP contribution in [0.1, 0.15) is 29.3 Å². The molecule has 5 rings (SSSR count). The lowest BCUT2D eigenvalue weighted by Crippen LogP contribution is -2.65. The van der Waals surface area contributed by atoms with Crippen LogP contribution in [-0.2, 0) is 21.5 Å². The molecule has 2 amide bonds. The number of H-pyrrole nitrogens is 1. The first-order chi connectivity index (χ1) is 14.0. The average molecular weight is 386 g/mol. The van der Waals surface area contributed by atoms with Crippen molar-refractivity contribution in [1.82, 2.24) is 14.9 Å². The van der Waals surface area contributed by atoms with E-state index >= 15 is 0 Å². The van der Waals surface area contributed by atoms with Crippen molar-refractivity contribution >= 4 is 28.9 Å². The Morgan fingerprint density at radius 2 is 1.86 bits per heavy atom. The molecule has 3 heterocycles. The van der Waals surface area contributed by atoms with Crippen LogP contribution >= 0.6 is 0 Å². The summed E-state index contributed by atoms with van der Waals surface area (Å²) in [5.74, 6) is -0.271. The molecule has 1 fully saturated rings. The summed E-state index contributed by atoms with van der Waals surface area (Å²) < 4.78 is 0. The first-order valence-corrected chi connectivity index (χ1v) is 9.82. The number of aryl methyl sites for hydroxylation is 1. The zero-order valence-corrected chi connectivity index (χ0v) is 16.5. The van der Waals surface area contributed by atoms with Crippen LogP contribution in [-0.4, -0.2) is 46.0 Å². The second-order valence-corrected chi connectivity index (χ2v) is 7.86. The van der Waals surface area contributed by atoms with Gasteiger partial charge in [0.25, 0.3) is 5.91 Å². The second kappa shape index (κ2) is 6.30. The van der Waals surface area contributed by atoms with Crippen molar-refractivity contribution in [2.75, 3.05) is 13.1 Å². The zero-order valence-electron chi connectivity index (χ0n) is 16.5. The van der Waals surface area contributed by atoms with Gasteiger partial charge in [0.15, 0.2) is 5.54 Å². The van der Waals surface area contributed by atoms with Crippen LogP contribution in [0.15, 0.2) is 53.6 Å². The van der Waals surface area contributed by atoms with Gasteiger partial charge >= 0.3 is 0 Å². The minimum atomic E-state index is -1.08. The molecule has 6 heteroatoms. The highest BCUT2D eigenvalue weighted by molar-refractivity contribution is 6.01. The topological polar surface area (TPSA) is 68.8 Å². The van der Waals surface area contributed by atoms with Gasteiger partial charge in [-0.2, -0.15) is 5.10 Å². The van der Waals surface area contributed by atoms with Gasteiger partial charge in [0.1, 0.15) is 6.54 Å². The van der Waals surface area contributed by atoms with Crippen LogP contribution in [0.25, 0.3) is 10.9 Å². The largest absolute Gasteiger partial charge is 0.356 e. The van der Waals surface area contributed by atoms with E-state index < -0.39 is 5.54 Å². The molecule has 2 aliphatic rings. The maximum Gasteiger partial charge on any atom is 0.275 e. The van der Waals surface area contributed by atoms with Gasteiger partial charge in [0.2, 0.25) is 5.91 Å². The number of hydrogen-bond donors (Lipinski definition) is 1. The number of rotatable bonds is 2. The number of aromatic amines is 1. The molecule has 1 N–H and O–H groups in total. The highest BCUT2D eigenvalue weighted by atomic mass is 16.2. The molecular formula is C23H22N4O2. The summed E-state index contributed by atoms with van der Waals surface area (Å²) in [6.07, 6.45) is 2.40. The van der Waals surface area contributed by atoms with E-state index in [0.717, 1.165) is 39.7 Å². The maximum absolute atomic E-state index is 13.6.